The molecule has 0 aliphatic heterocycles. The van der Waals surface area contributed by atoms with Gasteiger partial charge in [-0.05, 0) is 42.9 Å². The molecule has 0 saturated heterocycles. The molecule has 2 aromatic rings. The highest BCUT2D eigenvalue weighted by Gasteiger charge is 2.28. The number of carbonyl (C=O) groups is 1. The Bertz CT molecular complexity index is 771. The van der Waals surface area contributed by atoms with E-state index < -0.39 is 12.3 Å². The van der Waals surface area contributed by atoms with Gasteiger partial charge in [0.15, 0.2) is 0 Å². The third kappa shape index (κ3) is 2.68. The molecule has 2 aliphatic carbocycles. The summed E-state index contributed by atoms with van der Waals surface area (Å²) in [6.07, 6.45) is 1.75. The van der Waals surface area contributed by atoms with Gasteiger partial charge in [-0.25, -0.2) is 0 Å². The lowest BCUT2D eigenvalue weighted by Gasteiger charge is -2.20. The monoisotopic (exact) mass is 333 g/mol. The maximum Gasteiger partial charge on any atom is 0.315 e. The molecule has 1 amide bonds. The molecule has 1 aromatic heterocycles. The minimum Gasteiger partial charge on any atom is -0.344 e. The SMILES string of the molecule is O=C(NC1CCc2cc(-c3noc(C4CCC4)n3)ccc21)C(F)F. The number of nitrogens with one attached hydrogen (secondary N) is 1. The van der Waals surface area contributed by atoms with E-state index in [4.69, 9.17) is 4.52 Å². The van der Waals surface area contributed by atoms with Crippen molar-refractivity contribution in [3.8, 4) is 11.4 Å². The first-order valence-electron chi connectivity index (χ1n) is 8.17. The third-order valence-electron chi connectivity index (χ3n) is 4.89. The summed E-state index contributed by atoms with van der Waals surface area (Å²) in [6.45, 7) is 0. The lowest BCUT2D eigenvalue weighted by molar-refractivity contribution is -0.132. The average Bonchev–Trinajstić information content (AvgIpc) is 3.13. The lowest BCUT2D eigenvalue weighted by Crippen LogP contribution is -2.32. The van der Waals surface area contributed by atoms with Gasteiger partial charge in [-0.3, -0.25) is 4.79 Å². The second-order valence-corrected chi connectivity index (χ2v) is 6.40. The maximum absolute atomic E-state index is 12.4. The van der Waals surface area contributed by atoms with E-state index in [1.165, 1.54) is 6.42 Å². The fourth-order valence-electron chi connectivity index (χ4n) is 3.31. The molecule has 2 aliphatic rings. The van der Waals surface area contributed by atoms with Gasteiger partial charge in [0.25, 0.3) is 5.91 Å². The first kappa shape index (κ1) is 15.2. The fourth-order valence-corrected chi connectivity index (χ4v) is 3.31. The number of hydrogen-bond acceptors (Lipinski definition) is 4. The van der Waals surface area contributed by atoms with Crippen molar-refractivity contribution in [2.24, 2.45) is 0 Å². The van der Waals surface area contributed by atoms with Crippen molar-refractivity contribution in [3.05, 3.63) is 35.2 Å². The summed E-state index contributed by atoms with van der Waals surface area (Å²) in [4.78, 5) is 15.7. The molecule has 0 bridgehead atoms. The first-order chi connectivity index (χ1) is 11.6. The Morgan fingerprint density at radius 3 is 2.83 bits per heavy atom. The summed E-state index contributed by atoms with van der Waals surface area (Å²) in [5.41, 5.74) is 2.77. The summed E-state index contributed by atoms with van der Waals surface area (Å²) in [5, 5.41) is 6.44. The molecule has 126 valence electrons. The number of fused-ring (bicyclic) bond motifs is 1. The molecule has 1 saturated carbocycles. The number of rotatable bonds is 4. The van der Waals surface area contributed by atoms with Crippen LogP contribution in [0.1, 0.15) is 54.7 Å². The van der Waals surface area contributed by atoms with E-state index in [2.05, 4.69) is 15.5 Å². The molecular weight excluding hydrogens is 316 g/mol. The molecule has 1 fully saturated rings. The van der Waals surface area contributed by atoms with Crippen molar-refractivity contribution in [3.63, 3.8) is 0 Å². The molecule has 24 heavy (non-hydrogen) atoms. The molecule has 0 radical (unpaired) electrons. The van der Waals surface area contributed by atoms with Crippen molar-refractivity contribution in [2.45, 2.75) is 50.5 Å². The number of amides is 1. The van der Waals surface area contributed by atoms with Gasteiger partial charge < -0.3 is 9.84 Å². The number of aryl methyl sites for hydroxylation is 1. The highest BCUT2D eigenvalue weighted by Crippen LogP contribution is 2.37. The molecule has 4 rings (SSSR count). The Morgan fingerprint density at radius 2 is 2.12 bits per heavy atom. The van der Waals surface area contributed by atoms with E-state index in [1.54, 1.807) is 0 Å². The smallest absolute Gasteiger partial charge is 0.315 e. The van der Waals surface area contributed by atoms with Crippen LogP contribution in [0.3, 0.4) is 0 Å². The lowest BCUT2D eigenvalue weighted by atomic mass is 9.85. The molecular formula is C17H17F2N3O2. The van der Waals surface area contributed by atoms with E-state index >= 15 is 0 Å². The highest BCUT2D eigenvalue weighted by atomic mass is 19.3. The van der Waals surface area contributed by atoms with Crippen molar-refractivity contribution in [1.82, 2.24) is 15.5 Å². The van der Waals surface area contributed by atoms with Crippen LogP contribution in [0.4, 0.5) is 8.78 Å². The van der Waals surface area contributed by atoms with E-state index in [-0.39, 0.29) is 6.04 Å². The Kier molecular flexibility index (Phi) is 3.78. The van der Waals surface area contributed by atoms with E-state index in [0.717, 1.165) is 36.0 Å². The minimum atomic E-state index is -2.99. The van der Waals surface area contributed by atoms with Crippen LogP contribution in [0.5, 0.6) is 0 Å². The average molecular weight is 333 g/mol. The predicted octanol–water partition coefficient (Wildman–Crippen LogP) is 3.37. The Morgan fingerprint density at radius 1 is 1.29 bits per heavy atom. The molecule has 1 atom stereocenters. The van der Waals surface area contributed by atoms with E-state index in [0.29, 0.717) is 24.1 Å². The Hall–Kier alpha value is -2.31. The van der Waals surface area contributed by atoms with Crippen LogP contribution in [-0.2, 0) is 11.2 Å². The minimum absolute atomic E-state index is 0.355. The molecule has 7 heteroatoms. The van der Waals surface area contributed by atoms with Crippen molar-refractivity contribution < 1.29 is 18.1 Å². The maximum atomic E-state index is 12.4. The molecule has 1 heterocycles. The molecule has 1 N–H and O–H groups in total. The van der Waals surface area contributed by atoms with Crippen molar-refractivity contribution in [1.29, 1.82) is 0 Å². The van der Waals surface area contributed by atoms with Crippen LogP contribution in [0.15, 0.2) is 22.7 Å². The number of nitrogens with zero attached hydrogens (tertiary/aromatic N) is 2. The standard InChI is InChI=1S/C17H17F2N3O2/c18-14(19)16(23)20-13-7-5-10-8-11(4-6-12(10)13)15-21-17(24-22-15)9-2-1-3-9/h4,6,8-9,13-14H,1-3,5,7H2,(H,20,23). The summed E-state index contributed by atoms with van der Waals surface area (Å²) >= 11 is 0. The van der Waals surface area contributed by atoms with Gasteiger partial charge in [0.1, 0.15) is 0 Å². The molecule has 0 spiro atoms. The zero-order chi connectivity index (χ0) is 16.7. The van der Waals surface area contributed by atoms with Gasteiger partial charge in [0, 0.05) is 11.5 Å². The van der Waals surface area contributed by atoms with Crippen LogP contribution in [-0.4, -0.2) is 22.5 Å². The zero-order valence-electron chi connectivity index (χ0n) is 13.0. The fraction of sp³-hybridized carbons (Fsp3) is 0.471. The Labute approximate surface area is 137 Å². The van der Waals surface area contributed by atoms with Crippen LogP contribution in [0, 0.1) is 0 Å². The largest absolute Gasteiger partial charge is 0.344 e. The van der Waals surface area contributed by atoms with E-state index in [1.807, 2.05) is 18.2 Å². The quantitative estimate of drug-likeness (QED) is 0.931. The second-order valence-electron chi connectivity index (χ2n) is 6.40. The van der Waals surface area contributed by atoms with Gasteiger partial charge >= 0.3 is 6.43 Å². The summed E-state index contributed by atoms with van der Waals surface area (Å²) in [5.74, 6) is 0.411. The van der Waals surface area contributed by atoms with Crippen LogP contribution >= 0.6 is 0 Å². The van der Waals surface area contributed by atoms with Crippen LogP contribution < -0.4 is 5.32 Å². The molecule has 1 unspecified atom stereocenters. The van der Waals surface area contributed by atoms with E-state index in [9.17, 15) is 13.6 Å². The summed E-state index contributed by atoms with van der Waals surface area (Å²) in [7, 11) is 0. The van der Waals surface area contributed by atoms with Gasteiger partial charge in [0.05, 0.1) is 6.04 Å². The number of aromatic nitrogens is 2. The predicted molar refractivity (Wildman–Crippen MR) is 81.5 cm³/mol. The normalized spacial score (nSPS) is 20.0. The Balaban J connectivity index is 1.54. The number of benzene rings is 1. The van der Waals surface area contributed by atoms with Crippen molar-refractivity contribution >= 4 is 5.91 Å². The van der Waals surface area contributed by atoms with Gasteiger partial charge in [-0.15, -0.1) is 0 Å². The van der Waals surface area contributed by atoms with Crippen LogP contribution in [0.25, 0.3) is 11.4 Å². The third-order valence-corrected chi connectivity index (χ3v) is 4.89. The molecule has 5 nitrogen and oxygen atoms in total. The zero-order valence-corrected chi connectivity index (χ0v) is 13.0. The topological polar surface area (TPSA) is 68.0 Å². The summed E-state index contributed by atoms with van der Waals surface area (Å²) in [6, 6.07) is 5.31. The summed E-state index contributed by atoms with van der Waals surface area (Å²) < 4.78 is 30.2. The first-order valence-corrected chi connectivity index (χ1v) is 8.17. The number of halogens is 2. The van der Waals surface area contributed by atoms with Gasteiger partial charge in [0.2, 0.25) is 11.7 Å². The van der Waals surface area contributed by atoms with Gasteiger partial charge in [-0.2, -0.15) is 13.8 Å². The molecule has 1 aromatic carbocycles. The van der Waals surface area contributed by atoms with Crippen molar-refractivity contribution in [2.75, 3.05) is 0 Å². The number of carbonyl (C=O) groups excluding carboxylic acids is 1. The van der Waals surface area contributed by atoms with Crippen LogP contribution in [0.2, 0.25) is 0 Å². The highest BCUT2D eigenvalue weighted by molar-refractivity contribution is 5.79. The van der Waals surface area contributed by atoms with Gasteiger partial charge in [-0.1, -0.05) is 23.7 Å². The number of hydrogen-bond donors (Lipinski definition) is 1. The number of alkyl halides is 2. The second kappa shape index (κ2) is 5.96.